The van der Waals surface area contributed by atoms with Crippen LogP contribution in [0.2, 0.25) is 0 Å². The third kappa shape index (κ3) is 4.60. The van der Waals surface area contributed by atoms with Crippen molar-refractivity contribution in [3.05, 3.63) is 81.9 Å². The average Bonchev–Trinajstić information content (AvgIpc) is 3.61. The molecule has 2 aliphatic rings. The van der Waals surface area contributed by atoms with Gasteiger partial charge in [0.2, 0.25) is 0 Å². The molecule has 4 aromatic rings. The van der Waals surface area contributed by atoms with Gasteiger partial charge in [-0.1, -0.05) is 12.1 Å². The number of rotatable bonds is 6. The van der Waals surface area contributed by atoms with Crippen molar-refractivity contribution in [2.45, 2.75) is 32.4 Å². The highest BCUT2D eigenvalue weighted by atomic mass is 16.5. The second-order valence-electron chi connectivity index (χ2n) is 9.90. The molecular weight excluding hydrogens is 530 g/mol. The summed E-state index contributed by atoms with van der Waals surface area (Å²) >= 11 is 0. The lowest BCUT2D eigenvalue weighted by Gasteiger charge is -2.26. The Morgan fingerprint density at radius 1 is 1.15 bits per heavy atom. The molecule has 1 aliphatic heterocycles. The maximum Gasteiger partial charge on any atom is 0.335 e. The Bertz CT molecular complexity index is 1760. The van der Waals surface area contributed by atoms with Crippen LogP contribution in [0.25, 0.3) is 5.78 Å². The first kappa shape index (κ1) is 25.9. The molecule has 0 saturated carbocycles. The Hall–Kier alpha value is -5.33. The SMILES string of the molecule is Cc1c(C(=O)O)ccc2c1CC[C@@H]2NC(=O)c1cc(C(=O)NCc2ccc3c(c2)N(C)C(=O)CO3)nc2ncnn12. The topological polar surface area (TPSA) is 168 Å². The maximum absolute atomic E-state index is 13.4. The van der Waals surface area contributed by atoms with E-state index in [0.29, 0.717) is 29.8 Å². The quantitative estimate of drug-likeness (QED) is 0.321. The van der Waals surface area contributed by atoms with Gasteiger partial charge >= 0.3 is 5.97 Å². The van der Waals surface area contributed by atoms with Crippen molar-refractivity contribution in [2.75, 3.05) is 18.6 Å². The standard InChI is InChI=1S/C28H25N7O6/c1-14-16-6-7-19(18(16)5-4-17(14)27(39)40)32-26(38)22-10-20(33-28-30-13-31-35(22)28)25(37)29-11-15-3-8-23-21(9-15)34(2)24(36)12-41-23/h3-5,8-10,13,19H,6-7,11-12H2,1-2H3,(H,29,37)(H,32,38)(H,39,40)/t19-/m0/s1. The largest absolute Gasteiger partial charge is 0.482 e. The number of ether oxygens (including phenoxy) is 1. The van der Waals surface area contributed by atoms with Gasteiger partial charge in [-0.25, -0.2) is 9.78 Å². The first-order valence-electron chi connectivity index (χ1n) is 12.9. The molecule has 3 amide bonds. The van der Waals surface area contributed by atoms with Crippen LogP contribution in [0.3, 0.4) is 0 Å². The van der Waals surface area contributed by atoms with Crippen molar-refractivity contribution < 1.29 is 29.0 Å². The molecule has 41 heavy (non-hydrogen) atoms. The Labute approximate surface area is 233 Å². The zero-order valence-electron chi connectivity index (χ0n) is 22.2. The number of likely N-dealkylation sites (N-methyl/N-ethyl adjacent to an activating group) is 1. The molecule has 208 valence electrons. The fourth-order valence-electron chi connectivity index (χ4n) is 5.28. The molecule has 0 saturated heterocycles. The number of aromatic nitrogens is 4. The summed E-state index contributed by atoms with van der Waals surface area (Å²) in [6.07, 6.45) is 2.49. The van der Waals surface area contributed by atoms with Crippen LogP contribution in [0, 0.1) is 6.92 Å². The van der Waals surface area contributed by atoms with Crippen LogP contribution in [0.1, 0.15) is 66.1 Å². The monoisotopic (exact) mass is 555 g/mol. The van der Waals surface area contributed by atoms with Crippen LogP contribution >= 0.6 is 0 Å². The summed E-state index contributed by atoms with van der Waals surface area (Å²) in [5, 5.41) is 19.3. The van der Waals surface area contributed by atoms with Crippen LogP contribution in [-0.2, 0) is 17.8 Å². The van der Waals surface area contributed by atoms with Gasteiger partial charge in [-0.15, -0.1) is 0 Å². The summed E-state index contributed by atoms with van der Waals surface area (Å²) in [5.74, 6) is -1.49. The molecule has 3 N–H and O–H groups in total. The van der Waals surface area contributed by atoms with Crippen LogP contribution in [0.15, 0.2) is 42.7 Å². The second kappa shape index (κ2) is 10.0. The highest BCUT2D eigenvalue weighted by molar-refractivity contribution is 5.99. The highest BCUT2D eigenvalue weighted by Gasteiger charge is 2.29. The molecule has 13 nitrogen and oxygen atoms in total. The van der Waals surface area contributed by atoms with Gasteiger partial charge in [0, 0.05) is 19.7 Å². The van der Waals surface area contributed by atoms with E-state index in [0.717, 1.165) is 16.7 Å². The number of hydrogen-bond acceptors (Lipinski definition) is 8. The van der Waals surface area contributed by atoms with Crippen molar-refractivity contribution in [2.24, 2.45) is 0 Å². The van der Waals surface area contributed by atoms with E-state index in [-0.39, 0.29) is 47.8 Å². The predicted octanol–water partition coefficient (Wildman–Crippen LogP) is 1.83. The smallest absolute Gasteiger partial charge is 0.335 e. The normalized spacial score (nSPS) is 15.7. The number of nitrogens with one attached hydrogen (secondary N) is 2. The summed E-state index contributed by atoms with van der Waals surface area (Å²) in [6, 6.07) is 9.61. The van der Waals surface area contributed by atoms with Gasteiger partial charge in [0.15, 0.2) is 6.61 Å². The molecule has 1 atom stereocenters. The van der Waals surface area contributed by atoms with E-state index < -0.39 is 17.8 Å². The van der Waals surface area contributed by atoms with Crippen LogP contribution in [0.5, 0.6) is 5.75 Å². The lowest BCUT2D eigenvalue weighted by molar-refractivity contribution is -0.121. The van der Waals surface area contributed by atoms with Crippen LogP contribution in [0.4, 0.5) is 5.69 Å². The fraction of sp³-hybridized carbons (Fsp3) is 0.250. The van der Waals surface area contributed by atoms with Crippen molar-refractivity contribution in [3.63, 3.8) is 0 Å². The summed E-state index contributed by atoms with van der Waals surface area (Å²) in [5.41, 5.74) is 4.13. The Balaban J connectivity index is 1.21. The molecule has 0 unspecified atom stereocenters. The van der Waals surface area contributed by atoms with Crippen molar-refractivity contribution in [1.29, 1.82) is 0 Å². The molecule has 2 aromatic heterocycles. The lowest BCUT2D eigenvalue weighted by Crippen LogP contribution is -2.35. The van der Waals surface area contributed by atoms with Gasteiger partial charge in [-0.2, -0.15) is 14.6 Å². The van der Waals surface area contributed by atoms with E-state index in [1.165, 1.54) is 21.8 Å². The first-order chi connectivity index (χ1) is 19.7. The zero-order chi connectivity index (χ0) is 28.8. The molecule has 13 heteroatoms. The number of fused-ring (bicyclic) bond motifs is 3. The molecule has 0 fully saturated rings. The third-order valence-corrected chi connectivity index (χ3v) is 7.51. The zero-order valence-corrected chi connectivity index (χ0v) is 22.2. The fourth-order valence-corrected chi connectivity index (χ4v) is 5.28. The molecule has 0 spiro atoms. The molecule has 1 aliphatic carbocycles. The van der Waals surface area contributed by atoms with Gasteiger partial charge in [0.25, 0.3) is 23.5 Å². The van der Waals surface area contributed by atoms with Crippen LogP contribution in [-0.4, -0.2) is 62.0 Å². The molecule has 2 aromatic carbocycles. The lowest BCUT2D eigenvalue weighted by atomic mass is 9.98. The minimum Gasteiger partial charge on any atom is -0.482 e. The predicted molar refractivity (Wildman–Crippen MR) is 144 cm³/mol. The van der Waals surface area contributed by atoms with Gasteiger partial charge in [-0.3, -0.25) is 14.4 Å². The number of carboxylic acids is 1. The average molecular weight is 556 g/mol. The number of carbonyl (C=O) groups is 4. The first-order valence-corrected chi connectivity index (χ1v) is 12.9. The Morgan fingerprint density at radius 2 is 1.98 bits per heavy atom. The van der Waals surface area contributed by atoms with Crippen molar-refractivity contribution in [1.82, 2.24) is 30.2 Å². The van der Waals surface area contributed by atoms with Crippen molar-refractivity contribution in [3.8, 4) is 5.75 Å². The van der Waals surface area contributed by atoms with Gasteiger partial charge < -0.3 is 25.4 Å². The molecular formula is C28H25N7O6. The number of carboxylic acid groups (broad SMARTS) is 1. The summed E-state index contributed by atoms with van der Waals surface area (Å²) < 4.78 is 6.71. The number of anilines is 1. The van der Waals surface area contributed by atoms with Crippen LogP contribution < -0.4 is 20.3 Å². The number of aromatic carboxylic acids is 1. The van der Waals surface area contributed by atoms with Gasteiger partial charge in [0.1, 0.15) is 23.5 Å². The summed E-state index contributed by atoms with van der Waals surface area (Å²) in [4.78, 5) is 59.8. The van der Waals surface area contributed by atoms with Gasteiger partial charge in [0.05, 0.1) is 17.3 Å². The van der Waals surface area contributed by atoms with E-state index in [1.807, 2.05) is 0 Å². The molecule has 6 rings (SSSR count). The maximum atomic E-state index is 13.4. The summed E-state index contributed by atoms with van der Waals surface area (Å²) in [6.45, 7) is 1.89. The number of hydrogen-bond donors (Lipinski definition) is 3. The molecule has 0 radical (unpaired) electrons. The molecule has 3 heterocycles. The summed E-state index contributed by atoms with van der Waals surface area (Å²) in [7, 11) is 1.66. The third-order valence-electron chi connectivity index (χ3n) is 7.51. The van der Waals surface area contributed by atoms with Crippen molar-refractivity contribution >= 4 is 35.2 Å². The van der Waals surface area contributed by atoms with E-state index in [1.54, 1.807) is 44.3 Å². The highest BCUT2D eigenvalue weighted by Crippen LogP contribution is 2.35. The minimum absolute atomic E-state index is 0.0157. The number of amides is 3. The van der Waals surface area contributed by atoms with E-state index in [9.17, 15) is 24.3 Å². The van der Waals surface area contributed by atoms with Gasteiger partial charge in [-0.05, 0) is 60.2 Å². The van der Waals surface area contributed by atoms with E-state index in [2.05, 4.69) is 25.7 Å². The minimum atomic E-state index is -0.989. The number of benzene rings is 2. The molecule has 0 bridgehead atoms. The van der Waals surface area contributed by atoms with E-state index >= 15 is 0 Å². The Kier molecular flexibility index (Phi) is 6.33. The number of carbonyl (C=O) groups excluding carboxylic acids is 3. The van der Waals surface area contributed by atoms with E-state index in [4.69, 9.17) is 4.74 Å². The second-order valence-corrected chi connectivity index (χ2v) is 9.90. The number of nitrogens with zero attached hydrogens (tertiary/aromatic N) is 5. The Morgan fingerprint density at radius 3 is 2.78 bits per heavy atom.